The van der Waals surface area contributed by atoms with Gasteiger partial charge in [0.1, 0.15) is 13.2 Å². The van der Waals surface area contributed by atoms with E-state index in [0.29, 0.717) is 19.3 Å². The first-order chi connectivity index (χ1) is 28.0. The molecule has 0 N–H and O–H groups in total. The van der Waals surface area contributed by atoms with Crippen LogP contribution in [0.5, 0.6) is 0 Å². The second-order valence-corrected chi connectivity index (χ2v) is 16.0. The van der Waals surface area contributed by atoms with Crippen molar-refractivity contribution < 1.29 is 28.6 Å². The fraction of sp³-hybridized carbons (Fsp3) is 0.784. The second kappa shape index (κ2) is 46.1. The molecule has 0 fully saturated rings. The molecule has 6 heteroatoms. The van der Waals surface area contributed by atoms with Crippen molar-refractivity contribution in [3.05, 3.63) is 48.6 Å². The van der Waals surface area contributed by atoms with Crippen LogP contribution < -0.4 is 0 Å². The zero-order valence-electron chi connectivity index (χ0n) is 37.6. The first kappa shape index (κ1) is 54.4. The number of allylic oxidation sites excluding steroid dienone is 8. The lowest BCUT2D eigenvalue weighted by Gasteiger charge is -2.18. The van der Waals surface area contributed by atoms with E-state index in [-0.39, 0.29) is 31.1 Å². The first-order valence-electron chi connectivity index (χ1n) is 24.1. The molecule has 57 heavy (non-hydrogen) atoms. The van der Waals surface area contributed by atoms with Gasteiger partial charge in [-0.15, -0.1) is 0 Å². The van der Waals surface area contributed by atoms with Gasteiger partial charge >= 0.3 is 17.9 Å². The van der Waals surface area contributed by atoms with Crippen LogP contribution in [0, 0.1) is 0 Å². The largest absolute Gasteiger partial charge is 0.462 e. The summed E-state index contributed by atoms with van der Waals surface area (Å²) in [6.07, 6.45) is 53.9. The van der Waals surface area contributed by atoms with Gasteiger partial charge in [-0.25, -0.2) is 0 Å². The molecular weight excluding hydrogens is 709 g/mol. The van der Waals surface area contributed by atoms with Crippen LogP contribution in [-0.4, -0.2) is 37.2 Å². The van der Waals surface area contributed by atoms with Gasteiger partial charge in [-0.05, 0) is 77.0 Å². The fourth-order valence-corrected chi connectivity index (χ4v) is 6.69. The Morgan fingerprint density at radius 2 is 0.684 bits per heavy atom. The van der Waals surface area contributed by atoms with Crippen LogP contribution in [0.4, 0.5) is 0 Å². The highest BCUT2D eigenvalue weighted by Gasteiger charge is 2.19. The molecule has 0 aliphatic carbocycles. The minimum absolute atomic E-state index is 0.0853. The van der Waals surface area contributed by atoms with Crippen molar-refractivity contribution in [2.45, 2.75) is 245 Å². The molecule has 0 aromatic heterocycles. The van der Waals surface area contributed by atoms with Crippen LogP contribution in [0.2, 0.25) is 0 Å². The predicted molar refractivity (Wildman–Crippen MR) is 242 cm³/mol. The number of hydrogen-bond donors (Lipinski definition) is 0. The van der Waals surface area contributed by atoms with Gasteiger partial charge in [0.15, 0.2) is 6.10 Å². The third-order valence-corrected chi connectivity index (χ3v) is 10.3. The Morgan fingerprint density at radius 1 is 0.368 bits per heavy atom. The molecule has 0 aromatic carbocycles. The van der Waals surface area contributed by atoms with Crippen molar-refractivity contribution in [1.82, 2.24) is 0 Å². The van der Waals surface area contributed by atoms with Gasteiger partial charge in [-0.3, -0.25) is 14.4 Å². The summed E-state index contributed by atoms with van der Waals surface area (Å²) in [6, 6.07) is 0. The summed E-state index contributed by atoms with van der Waals surface area (Å²) >= 11 is 0. The molecular formula is C51H90O6. The fourth-order valence-electron chi connectivity index (χ4n) is 6.69. The average Bonchev–Trinajstić information content (AvgIpc) is 3.21. The highest BCUT2D eigenvalue weighted by Crippen LogP contribution is 2.14. The van der Waals surface area contributed by atoms with Crippen molar-refractivity contribution in [3.63, 3.8) is 0 Å². The number of hydrogen-bond acceptors (Lipinski definition) is 6. The van der Waals surface area contributed by atoms with Crippen LogP contribution in [0.25, 0.3) is 0 Å². The summed E-state index contributed by atoms with van der Waals surface area (Å²) in [4.78, 5) is 37.7. The van der Waals surface area contributed by atoms with E-state index in [1.807, 2.05) is 0 Å². The van der Waals surface area contributed by atoms with E-state index in [1.165, 1.54) is 116 Å². The second-order valence-electron chi connectivity index (χ2n) is 16.0. The zero-order chi connectivity index (χ0) is 41.5. The molecule has 0 aliphatic heterocycles. The maximum Gasteiger partial charge on any atom is 0.306 e. The van der Waals surface area contributed by atoms with Gasteiger partial charge in [0.2, 0.25) is 0 Å². The molecule has 0 heterocycles. The molecule has 0 saturated carbocycles. The van der Waals surface area contributed by atoms with E-state index >= 15 is 0 Å². The number of carbonyl (C=O) groups is 3. The first-order valence-corrected chi connectivity index (χ1v) is 24.1. The Morgan fingerprint density at radius 3 is 1.11 bits per heavy atom. The van der Waals surface area contributed by atoms with Gasteiger partial charge in [0.25, 0.3) is 0 Å². The third kappa shape index (κ3) is 44.3. The van der Waals surface area contributed by atoms with Crippen molar-refractivity contribution in [2.75, 3.05) is 13.2 Å². The van der Waals surface area contributed by atoms with E-state index < -0.39 is 6.10 Å². The summed E-state index contributed by atoms with van der Waals surface area (Å²) in [7, 11) is 0. The Hall–Kier alpha value is -2.63. The quantitative estimate of drug-likeness (QED) is 0.0265. The smallest absolute Gasteiger partial charge is 0.306 e. The Balaban J connectivity index is 4.32. The lowest BCUT2D eigenvalue weighted by molar-refractivity contribution is -0.167. The van der Waals surface area contributed by atoms with Gasteiger partial charge in [-0.2, -0.15) is 0 Å². The molecule has 1 unspecified atom stereocenters. The van der Waals surface area contributed by atoms with E-state index in [9.17, 15) is 14.4 Å². The standard InChI is InChI=1S/C51H90O6/c1-4-7-10-13-16-19-21-23-24-25-26-27-29-30-32-35-38-41-44-50(53)56-47-48(46-55-49(52)43-40-37-34-18-15-12-9-6-3)57-51(54)45-42-39-36-33-31-28-22-20-17-14-11-8-5-2/h8,11,17,20,24-25,28,31,48H,4-7,9-10,12-16,18-19,21-23,26-27,29-30,32-47H2,1-3H3/b11-8-,20-17-,25-24-,31-28-. The van der Waals surface area contributed by atoms with Gasteiger partial charge in [-0.1, -0.05) is 191 Å². The summed E-state index contributed by atoms with van der Waals surface area (Å²) in [5.41, 5.74) is 0. The summed E-state index contributed by atoms with van der Waals surface area (Å²) in [6.45, 7) is 6.46. The summed E-state index contributed by atoms with van der Waals surface area (Å²) in [5, 5.41) is 0. The maximum atomic E-state index is 12.7. The van der Waals surface area contributed by atoms with Crippen LogP contribution in [0.3, 0.4) is 0 Å². The molecule has 6 nitrogen and oxygen atoms in total. The monoisotopic (exact) mass is 799 g/mol. The number of unbranched alkanes of at least 4 members (excludes halogenated alkanes) is 24. The third-order valence-electron chi connectivity index (χ3n) is 10.3. The van der Waals surface area contributed by atoms with Crippen LogP contribution in [0.1, 0.15) is 239 Å². The molecule has 0 rings (SSSR count). The van der Waals surface area contributed by atoms with Gasteiger partial charge < -0.3 is 14.2 Å². The molecule has 0 amide bonds. The van der Waals surface area contributed by atoms with E-state index in [1.54, 1.807) is 0 Å². The van der Waals surface area contributed by atoms with Crippen molar-refractivity contribution in [2.24, 2.45) is 0 Å². The van der Waals surface area contributed by atoms with Crippen molar-refractivity contribution in [3.8, 4) is 0 Å². The van der Waals surface area contributed by atoms with Crippen molar-refractivity contribution >= 4 is 17.9 Å². The molecule has 0 aliphatic rings. The summed E-state index contributed by atoms with van der Waals surface area (Å²) < 4.78 is 16.7. The van der Waals surface area contributed by atoms with Crippen molar-refractivity contribution in [1.29, 1.82) is 0 Å². The number of rotatable bonds is 43. The van der Waals surface area contributed by atoms with Gasteiger partial charge in [0.05, 0.1) is 0 Å². The van der Waals surface area contributed by atoms with Crippen LogP contribution in [-0.2, 0) is 28.6 Å². The zero-order valence-corrected chi connectivity index (χ0v) is 37.6. The topological polar surface area (TPSA) is 78.9 Å². The molecule has 0 aromatic rings. The SMILES string of the molecule is CC/C=C\C/C=C\C/C=C\CCCCCC(=O)OC(COC(=O)CCCCCCCCCC)COC(=O)CCCCCCCCC/C=C\CCCCCCCCC. The van der Waals surface area contributed by atoms with Gasteiger partial charge in [0, 0.05) is 19.3 Å². The maximum absolute atomic E-state index is 12.7. The summed E-state index contributed by atoms with van der Waals surface area (Å²) in [5.74, 6) is -0.922. The Kier molecular flexibility index (Phi) is 43.9. The highest BCUT2D eigenvalue weighted by atomic mass is 16.6. The van der Waals surface area contributed by atoms with E-state index in [4.69, 9.17) is 14.2 Å². The van der Waals surface area contributed by atoms with Crippen LogP contribution >= 0.6 is 0 Å². The molecule has 0 spiro atoms. The number of esters is 3. The Labute approximate surface area is 352 Å². The minimum atomic E-state index is -0.785. The molecule has 0 bridgehead atoms. The number of ether oxygens (including phenoxy) is 3. The number of carbonyl (C=O) groups excluding carboxylic acids is 3. The minimum Gasteiger partial charge on any atom is -0.462 e. The molecule has 0 saturated heterocycles. The lowest BCUT2D eigenvalue weighted by Crippen LogP contribution is -2.30. The Bertz CT molecular complexity index is 1010. The highest BCUT2D eigenvalue weighted by molar-refractivity contribution is 5.71. The molecule has 0 radical (unpaired) electrons. The molecule has 1 atom stereocenters. The van der Waals surface area contributed by atoms with E-state index in [2.05, 4.69) is 69.4 Å². The molecule has 330 valence electrons. The average molecular weight is 799 g/mol. The predicted octanol–water partition coefficient (Wildman–Crippen LogP) is 15.5. The lowest BCUT2D eigenvalue weighted by atomic mass is 10.1. The normalized spacial score (nSPS) is 12.4. The van der Waals surface area contributed by atoms with Crippen LogP contribution in [0.15, 0.2) is 48.6 Å². The van der Waals surface area contributed by atoms with E-state index in [0.717, 1.165) is 83.5 Å².